The first-order chi connectivity index (χ1) is 9.70. The van der Waals surface area contributed by atoms with E-state index in [-0.39, 0.29) is 6.04 Å². The van der Waals surface area contributed by atoms with Crippen LogP contribution in [0.1, 0.15) is 22.0 Å². The van der Waals surface area contributed by atoms with Crippen LogP contribution in [0.2, 0.25) is 0 Å². The molecule has 0 fully saturated rings. The van der Waals surface area contributed by atoms with Gasteiger partial charge in [-0.1, -0.05) is 42.5 Å². The maximum atomic E-state index is 5.83. The summed E-state index contributed by atoms with van der Waals surface area (Å²) in [4.78, 5) is 1.22. The molecule has 20 heavy (non-hydrogen) atoms. The van der Waals surface area contributed by atoms with Gasteiger partial charge in [-0.3, -0.25) is 5.84 Å². The van der Waals surface area contributed by atoms with Gasteiger partial charge in [0.05, 0.1) is 9.83 Å². The van der Waals surface area contributed by atoms with Gasteiger partial charge in [0.2, 0.25) is 0 Å². The van der Waals surface area contributed by atoms with Crippen molar-refractivity contribution in [2.45, 2.75) is 13.0 Å². The van der Waals surface area contributed by atoms with Gasteiger partial charge >= 0.3 is 0 Å². The molecule has 3 N–H and O–H groups in total. The number of aryl methyl sites for hydroxylation is 1. The average molecular weight is 347 g/mol. The highest BCUT2D eigenvalue weighted by atomic mass is 79.9. The first-order valence-electron chi connectivity index (χ1n) is 6.40. The number of rotatable bonds is 3. The van der Waals surface area contributed by atoms with Crippen LogP contribution in [0.5, 0.6) is 0 Å². The highest BCUT2D eigenvalue weighted by Gasteiger charge is 2.18. The second kappa shape index (κ2) is 5.66. The number of hydrogen-bond donors (Lipinski definition) is 2. The van der Waals surface area contributed by atoms with Gasteiger partial charge in [0.1, 0.15) is 0 Å². The molecule has 102 valence electrons. The van der Waals surface area contributed by atoms with E-state index >= 15 is 0 Å². The Balaban J connectivity index is 2.16. The van der Waals surface area contributed by atoms with Crippen LogP contribution < -0.4 is 11.3 Å². The lowest BCUT2D eigenvalue weighted by Gasteiger charge is -2.17. The van der Waals surface area contributed by atoms with Crippen molar-refractivity contribution < 1.29 is 0 Å². The molecule has 2 nitrogen and oxygen atoms in total. The van der Waals surface area contributed by atoms with E-state index in [2.05, 4.69) is 76.8 Å². The molecule has 0 bridgehead atoms. The smallest absolute Gasteiger partial charge is 0.0809 e. The third-order valence-corrected chi connectivity index (χ3v) is 5.66. The summed E-state index contributed by atoms with van der Waals surface area (Å²) in [5.41, 5.74) is 5.41. The molecule has 0 radical (unpaired) electrons. The van der Waals surface area contributed by atoms with Crippen LogP contribution in [-0.2, 0) is 0 Å². The Bertz CT molecular complexity index is 726. The number of thiophene rings is 1. The fourth-order valence-electron chi connectivity index (χ4n) is 2.45. The van der Waals surface area contributed by atoms with E-state index in [0.717, 1.165) is 3.79 Å². The van der Waals surface area contributed by atoms with Crippen molar-refractivity contribution >= 4 is 38.0 Å². The van der Waals surface area contributed by atoms with Gasteiger partial charge < -0.3 is 0 Å². The Morgan fingerprint density at radius 3 is 2.60 bits per heavy atom. The molecule has 0 amide bonds. The van der Waals surface area contributed by atoms with E-state index in [1.54, 1.807) is 11.3 Å². The Morgan fingerprint density at radius 2 is 1.90 bits per heavy atom. The molecular formula is C16H15BrN2S. The summed E-state index contributed by atoms with van der Waals surface area (Å²) in [7, 11) is 0. The second-order valence-corrected chi connectivity index (χ2v) is 7.18. The van der Waals surface area contributed by atoms with E-state index in [1.165, 1.54) is 26.8 Å². The van der Waals surface area contributed by atoms with Crippen molar-refractivity contribution in [3.05, 3.63) is 68.3 Å². The molecular weight excluding hydrogens is 332 g/mol. The van der Waals surface area contributed by atoms with E-state index < -0.39 is 0 Å². The van der Waals surface area contributed by atoms with Crippen molar-refractivity contribution in [3.63, 3.8) is 0 Å². The number of halogens is 1. The summed E-state index contributed by atoms with van der Waals surface area (Å²) in [6.07, 6.45) is 0. The van der Waals surface area contributed by atoms with Crippen LogP contribution in [-0.4, -0.2) is 0 Å². The van der Waals surface area contributed by atoms with Gasteiger partial charge in [0.25, 0.3) is 0 Å². The zero-order chi connectivity index (χ0) is 14.1. The Hall–Kier alpha value is -1.20. The zero-order valence-corrected chi connectivity index (χ0v) is 13.5. The maximum absolute atomic E-state index is 5.83. The monoisotopic (exact) mass is 346 g/mol. The largest absolute Gasteiger partial charge is 0.271 e. The molecule has 4 heteroatoms. The lowest BCUT2D eigenvalue weighted by atomic mass is 9.98. The van der Waals surface area contributed by atoms with Crippen LogP contribution in [0.3, 0.4) is 0 Å². The molecule has 1 atom stereocenters. The van der Waals surface area contributed by atoms with Gasteiger partial charge in [0, 0.05) is 4.88 Å². The lowest BCUT2D eigenvalue weighted by molar-refractivity contribution is 0.650. The zero-order valence-electron chi connectivity index (χ0n) is 11.1. The van der Waals surface area contributed by atoms with Gasteiger partial charge in [-0.25, -0.2) is 5.43 Å². The van der Waals surface area contributed by atoms with Crippen LogP contribution in [0.15, 0.2) is 52.3 Å². The summed E-state index contributed by atoms with van der Waals surface area (Å²) >= 11 is 5.31. The first-order valence-corrected chi connectivity index (χ1v) is 8.01. The molecule has 1 aromatic heterocycles. The summed E-state index contributed by atoms with van der Waals surface area (Å²) in [5, 5.41) is 2.47. The highest BCUT2D eigenvalue weighted by molar-refractivity contribution is 9.11. The minimum atomic E-state index is 0.0103. The molecule has 0 aliphatic heterocycles. The van der Waals surface area contributed by atoms with Crippen molar-refractivity contribution in [2.24, 2.45) is 5.84 Å². The number of nitrogens with two attached hydrogens (primary N) is 1. The summed E-state index contributed by atoms with van der Waals surface area (Å²) in [6.45, 7) is 2.10. The highest BCUT2D eigenvalue weighted by Crippen LogP contribution is 2.36. The number of hydrazine groups is 1. The van der Waals surface area contributed by atoms with Crippen molar-refractivity contribution in [1.82, 2.24) is 5.43 Å². The van der Waals surface area contributed by atoms with E-state index in [0.29, 0.717) is 0 Å². The lowest BCUT2D eigenvalue weighted by Crippen LogP contribution is -2.28. The summed E-state index contributed by atoms with van der Waals surface area (Å²) < 4.78 is 1.16. The molecule has 0 aliphatic carbocycles. The third-order valence-electron chi connectivity index (χ3n) is 3.46. The quantitative estimate of drug-likeness (QED) is 0.540. The SMILES string of the molecule is Cc1cc(C(NN)c2cccc3ccccc23)sc1Br. The van der Waals surface area contributed by atoms with Crippen LogP contribution in [0, 0.1) is 6.92 Å². The molecule has 0 saturated heterocycles. The van der Waals surface area contributed by atoms with Gasteiger partial charge in [-0.2, -0.15) is 0 Å². The Kier molecular flexibility index (Phi) is 3.89. The standard InChI is InChI=1S/C16H15BrN2S/c1-10-9-14(20-16(10)17)15(19-18)13-8-4-6-11-5-2-3-7-12(11)13/h2-9,15,19H,18H2,1H3. The van der Waals surface area contributed by atoms with Crippen LogP contribution in [0.25, 0.3) is 10.8 Å². The Morgan fingerprint density at radius 1 is 1.15 bits per heavy atom. The second-order valence-electron chi connectivity index (χ2n) is 4.77. The molecule has 3 rings (SSSR count). The number of hydrogen-bond acceptors (Lipinski definition) is 3. The average Bonchev–Trinajstić information content (AvgIpc) is 2.79. The molecule has 0 spiro atoms. The molecule has 2 aromatic carbocycles. The van der Waals surface area contributed by atoms with Crippen molar-refractivity contribution in [1.29, 1.82) is 0 Å². The van der Waals surface area contributed by atoms with Gasteiger partial charge in [-0.05, 0) is 50.8 Å². The van der Waals surface area contributed by atoms with E-state index in [9.17, 15) is 0 Å². The molecule has 0 aliphatic rings. The van der Waals surface area contributed by atoms with E-state index in [4.69, 9.17) is 5.84 Å². The predicted octanol–water partition coefficient (Wildman–Crippen LogP) is 4.52. The minimum Gasteiger partial charge on any atom is -0.271 e. The summed E-state index contributed by atoms with van der Waals surface area (Å²) in [5.74, 6) is 5.83. The van der Waals surface area contributed by atoms with Crippen molar-refractivity contribution in [2.75, 3.05) is 0 Å². The predicted molar refractivity (Wildman–Crippen MR) is 89.9 cm³/mol. The normalized spacial score (nSPS) is 12.8. The molecule has 1 heterocycles. The number of nitrogens with one attached hydrogen (secondary N) is 1. The van der Waals surface area contributed by atoms with Gasteiger partial charge in [0.15, 0.2) is 0 Å². The van der Waals surface area contributed by atoms with E-state index in [1.807, 2.05) is 0 Å². The van der Waals surface area contributed by atoms with Gasteiger partial charge in [-0.15, -0.1) is 11.3 Å². The molecule has 1 unspecified atom stereocenters. The topological polar surface area (TPSA) is 38.0 Å². The number of benzene rings is 2. The molecule has 3 aromatic rings. The first kappa shape index (κ1) is 13.8. The van der Waals surface area contributed by atoms with Crippen LogP contribution >= 0.6 is 27.3 Å². The van der Waals surface area contributed by atoms with Crippen LogP contribution in [0.4, 0.5) is 0 Å². The minimum absolute atomic E-state index is 0.0103. The summed E-state index contributed by atoms with van der Waals surface area (Å²) in [6, 6.07) is 16.9. The number of fused-ring (bicyclic) bond motifs is 1. The third kappa shape index (κ3) is 2.40. The van der Waals surface area contributed by atoms with Crippen molar-refractivity contribution in [3.8, 4) is 0 Å². The fourth-order valence-corrected chi connectivity index (χ4v) is 4.10. The maximum Gasteiger partial charge on any atom is 0.0809 e. The fraction of sp³-hybridized carbons (Fsp3) is 0.125. The molecule has 0 saturated carbocycles. The Labute approximate surface area is 130 Å².